The number of aliphatic carboxylic acids is 1. The normalized spacial score (nSPS) is 13.8. The summed E-state index contributed by atoms with van der Waals surface area (Å²) < 4.78 is 4.97. The molecule has 6 nitrogen and oxygen atoms in total. The van der Waals surface area contributed by atoms with Gasteiger partial charge in [-0.3, -0.25) is 0 Å². The molecule has 0 aliphatic heterocycles. The maximum Gasteiger partial charge on any atom is 0.341 e. The number of benzene rings is 1. The second-order valence-electron chi connectivity index (χ2n) is 4.08. The van der Waals surface area contributed by atoms with Gasteiger partial charge in [0.05, 0.1) is 0 Å². The van der Waals surface area contributed by atoms with E-state index in [1.165, 1.54) is 0 Å². The van der Waals surface area contributed by atoms with Crippen LogP contribution >= 0.6 is 0 Å². The van der Waals surface area contributed by atoms with E-state index in [4.69, 9.17) is 9.84 Å². The van der Waals surface area contributed by atoms with E-state index in [2.05, 4.69) is 10.6 Å². The van der Waals surface area contributed by atoms with Gasteiger partial charge in [-0.15, -0.1) is 0 Å². The Morgan fingerprint density at radius 3 is 2.50 bits per heavy atom. The largest absolute Gasteiger partial charge is 0.482 e. The maximum absolute atomic E-state index is 11.4. The molecule has 3 N–H and O–H groups in total. The Bertz CT molecular complexity index is 440. The Labute approximate surface area is 104 Å². The SMILES string of the molecule is O=C(O)COc1ccc(NC(=O)NC2CC2)cc1. The van der Waals surface area contributed by atoms with Gasteiger partial charge < -0.3 is 20.5 Å². The van der Waals surface area contributed by atoms with Crippen LogP contribution in [0.5, 0.6) is 5.75 Å². The Morgan fingerprint density at radius 1 is 1.28 bits per heavy atom. The number of carboxylic acid groups (broad SMARTS) is 1. The van der Waals surface area contributed by atoms with Crippen molar-refractivity contribution in [2.24, 2.45) is 0 Å². The topological polar surface area (TPSA) is 87.7 Å². The number of rotatable bonds is 5. The van der Waals surface area contributed by atoms with Crippen LogP contribution in [0.25, 0.3) is 0 Å². The highest BCUT2D eigenvalue weighted by atomic mass is 16.5. The minimum Gasteiger partial charge on any atom is -0.482 e. The Hall–Kier alpha value is -2.24. The zero-order valence-electron chi connectivity index (χ0n) is 9.68. The summed E-state index contributed by atoms with van der Waals surface area (Å²) >= 11 is 0. The average Bonchev–Trinajstić information content (AvgIpc) is 3.12. The predicted molar refractivity (Wildman–Crippen MR) is 64.7 cm³/mol. The van der Waals surface area contributed by atoms with E-state index in [0.717, 1.165) is 12.8 Å². The number of carbonyl (C=O) groups is 2. The van der Waals surface area contributed by atoms with Gasteiger partial charge in [-0.2, -0.15) is 0 Å². The standard InChI is InChI=1S/C12H14N2O4/c15-11(16)7-18-10-5-3-9(4-6-10)14-12(17)13-8-1-2-8/h3-6,8H,1-2,7H2,(H,15,16)(H2,13,14,17). The molecular formula is C12H14N2O4. The van der Waals surface area contributed by atoms with Crippen molar-refractivity contribution in [3.05, 3.63) is 24.3 Å². The number of anilines is 1. The molecule has 0 unspecified atom stereocenters. The van der Waals surface area contributed by atoms with Gasteiger partial charge >= 0.3 is 12.0 Å². The molecule has 1 aliphatic carbocycles. The molecule has 1 aromatic rings. The number of hydrogen-bond acceptors (Lipinski definition) is 3. The van der Waals surface area contributed by atoms with E-state index in [0.29, 0.717) is 17.5 Å². The van der Waals surface area contributed by atoms with Crippen LogP contribution in [0.4, 0.5) is 10.5 Å². The van der Waals surface area contributed by atoms with Crippen LogP contribution in [0.3, 0.4) is 0 Å². The van der Waals surface area contributed by atoms with E-state index < -0.39 is 5.97 Å². The third-order valence-electron chi connectivity index (χ3n) is 2.39. The molecule has 1 aliphatic rings. The van der Waals surface area contributed by atoms with Crippen LogP contribution in [0.1, 0.15) is 12.8 Å². The highest BCUT2D eigenvalue weighted by molar-refractivity contribution is 5.89. The van der Waals surface area contributed by atoms with E-state index >= 15 is 0 Å². The van der Waals surface area contributed by atoms with Crippen LogP contribution in [0.15, 0.2) is 24.3 Å². The fourth-order valence-corrected chi connectivity index (χ4v) is 1.36. The smallest absolute Gasteiger partial charge is 0.341 e. The lowest BCUT2D eigenvalue weighted by Crippen LogP contribution is -2.30. The molecule has 18 heavy (non-hydrogen) atoms. The summed E-state index contributed by atoms with van der Waals surface area (Å²) in [6, 6.07) is 6.61. The molecule has 0 spiro atoms. The molecule has 0 radical (unpaired) electrons. The van der Waals surface area contributed by atoms with Crippen molar-refractivity contribution in [1.82, 2.24) is 5.32 Å². The van der Waals surface area contributed by atoms with Crippen molar-refractivity contribution in [1.29, 1.82) is 0 Å². The Balaban J connectivity index is 1.82. The van der Waals surface area contributed by atoms with Gasteiger partial charge in [0.2, 0.25) is 0 Å². The van der Waals surface area contributed by atoms with Crippen LogP contribution in [-0.2, 0) is 4.79 Å². The summed E-state index contributed by atoms with van der Waals surface area (Å²) in [5.41, 5.74) is 0.635. The molecule has 1 saturated carbocycles. The van der Waals surface area contributed by atoms with Crippen molar-refractivity contribution < 1.29 is 19.4 Å². The monoisotopic (exact) mass is 250 g/mol. The van der Waals surface area contributed by atoms with Gasteiger partial charge in [0.1, 0.15) is 5.75 Å². The highest BCUT2D eigenvalue weighted by Crippen LogP contribution is 2.19. The average molecular weight is 250 g/mol. The third kappa shape index (κ3) is 3.97. The lowest BCUT2D eigenvalue weighted by Gasteiger charge is -2.07. The first-order chi connectivity index (χ1) is 8.63. The summed E-state index contributed by atoms with van der Waals surface area (Å²) in [7, 11) is 0. The predicted octanol–water partition coefficient (Wildman–Crippen LogP) is 1.43. The van der Waals surface area contributed by atoms with Gasteiger partial charge in [0.15, 0.2) is 6.61 Å². The minimum atomic E-state index is -1.03. The molecule has 0 heterocycles. The van der Waals surface area contributed by atoms with Crippen LogP contribution in [0, 0.1) is 0 Å². The Kier molecular flexibility index (Phi) is 3.66. The Morgan fingerprint density at radius 2 is 1.94 bits per heavy atom. The van der Waals surface area contributed by atoms with Crippen LogP contribution in [-0.4, -0.2) is 29.8 Å². The zero-order valence-corrected chi connectivity index (χ0v) is 9.68. The quantitative estimate of drug-likeness (QED) is 0.737. The summed E-state index contributed by atoms with van der Waals surface area (Å²) in [4.78, 5) is 21.7. The van der Waals surface area contributed by atoms with Gasteiger partial charge in [-0.1, -0.05) is 0 Å². The number of ether oxygens (including phenoxy) is 1. The molecule has 0 saturated heterocycles. The summed E-state index contributed by atoms with van der Waals surface area (Å²) in [6.07, 6.45) is 2.07. The number of nitrogens with one attached hydrogen (secondary N) is 2. The number of hydrogen-bond donors (Lipinski definition) is 3. The second kappa shape index (κ2) is 5.39. The fraction of sp³-hybridized carbons (Fsp3) is 0.333. The molecular weight excluding hydrogens is 236 g/mol. The minimum absolute atomic E-state index is 0.225. The molecule has 2 rings (SSSR count). The number of urea groups is 1. The molecule has 0 aromatic heterocycles. The van der Waals surface area contributed by atoms with Crippen LogP contribution < -0.4 is 15.4 Å². The van der Waals surface area contributed by atoms with E-state index in [9.17, 15) is 9.59 Å². The van der Waals surface area contributed by atoms with E-state index in [1.807, 2.05) is 0 Å². The first-order valence-electron chi connectivity index (χ1n) is 5.65. The van der Waals surface area contributed by atoms with Gasteiger partial charge in [0, 0.05) is 11.7 Å². The lowest BCUT2D eigenvalue weighted by molar-refractivity contribution is -0.139. The molecule has 96 valence electrons. The molecule has 6 heteroatoms. The number of carbonyl (C=O) groups excluding carboxylic acids is 1. The summed E-state index contributed by atoms with van der Waals surface area (Å²) in [6.45, 7) is -0.380. The molecule has 1 aromatic carbocycles. The maximum atomic E-state index is 11.4. The third-order valence-corrected chi connectivity index (χ3v) is 2.39. The molecule has 0 atom stereocenters. The van der Waals surface area contributed by atoms with Crippen molar-refractivity contribution in [2.75, 3.05) is 11.9 Å². The fourth-order valence-electron chi connectivity index (χ4n) is 1.36. The van der Waals surface area contributed by atoms with Gasteiger partial charge in [0.25, 0.3) is 0 Å². The zero-order chi connectivity index (χ0) is 13.0. The number of carboxylic acids is 1. The van der Waals surface area contributed by atoms with Gasteiger partial charge in [-0.05, 0) is 37.1 Å². The van der Waals surface area contributed by atoms with Crippen LogP contribution in [0.2, 0.25) is 0 Å². The van der Waals surface area contributed by atoms with Crippen molar-refractivity contribution in [3.8, 4) is 5.75 Å². The van der Waals surface area contributed by atoms with Crippen molar-refractivity contribution >= 4 is 17.7 Å². The summed E-state index contributed by atoms with van der Waals surface area (Å²) in [5, 5.41) is 13.9. The second-order valence-corrected chi connectivity index (χ2v) is 4.08. The molecule has 1 fully saturated rings. The van der Waals surface area contributed by atoms with Crippen molar-refractivity contribution in [3.63, 3.8) is 0 Å². The molecule has 2 amide bonds. The lowest BCUT2D eigenvalue weighted by atomic mass is 10.3. The first kappa shape index (κ1) is 12.2. The number of amides is 2. The summed E-state index contributed by atoms with van der Waals surface area (Å²) in [5.74, 6) is -0.577. The van der Waals surface area contributed by atoms with E-state index in [1.54, 1.807) is 24.3 Å². The highest BCUT2D eigenvalue weighted by Gasteiger charge is 2.23. The van der Waals surface area contributed by atoms with Gasteiger partial charge in [-0.25, -0.2) is 9.59 Å². The van der Waals surface area contributed by atoms with Crippen molar-refractivity contribution in [2.45, 2.75) is 18.9 Å². The van der Waals surface area contributed by atoms with E-state index in [-0.39, 0.29) is 12.6 Å². The molecule has 0 bridgehead atoms. The first-order valence-corrected chi connectivity index (χ1v) is 5.65.